The summed E-state index contributed by atoms with van der Waals surface area (Å²) in [5, 5.41) is 3.18. The maximum absolute atomic E-state index is 8.74. The van der Waals surface area contributed by atoms with Gasteiger partial charge in [0.05, 0.1) is 19.1 Å². The SMILES string of the molecule is O=S(=O)(O)O.c1coc(CNc2[nH]cnc3ncnc2-3)c1. The van der Waals surface area contributed by atoms with E-state index in [4.69, 9.17) is 21.9 Å². The van der Waals surface area contributed by atoms with Crippen molar-refractivity contribution in [3.63, 3.8) is 0 Å². The van der Waals surface area contributed by atoms with E-state index >= 15 is 0 Å². The third-order valence-electron chi connectivity index (χ3n) is 2.23. The molecule has 0 aliphatic carbocycles. The van der Waals surface area contributed by atoms with Crippen LogP contribution in [0.4, 0.5) is 5.82 Å². The zero-order valence-corrected chi connectivity index (χ0v) is 11.3. The number of nitrogens with zero attached hydrogens (tertiary/aromatic N) is 3. The van der Waals surface area contributed by atoms with Crippen LogP contribution in [0.3, 0.4) is 0 Å². The van der Waals surface area contributed by atoms with Gasteiger partial charge in [0.15, 0.2) is 5.82 Å². The summed E-state index contributed by atoms with van der Waals surface area (Å²) in [6.45, 7) is 0.593. The molecular formula is C10H11N5O5S. The highest BCUT2D eigenvalue weighted by molar-refractivity contribution is 7.79. The summed E-state index contributed by atoms with van der Waals surface area (Å²) >= 11 is 0. The Kier molecular flexibility index (Phi) is 4.47. The molecular weight excluding hydrogens is 302 g/mol. The van der Waals surface area contributed by atoms with Crippen molar-refractivity contribution >= 4 is 16.2 Å². The molecule has 112 valence electrons. The molecule has 2 aliphatic heterocycles. The van der Waals surface area contributed by atoms with Gasteiger partial charge in [-0.2, -0.15) is 8.42 Å². The maximum atomic E-state index is 8.74. The highest BCUT2D eigenvalue weighted by Crippen LogP contribution is 2.21. The van der Waals surface area contributed by atoms with Crippen molar-refractivity contribution in [1.82, 2.24) is 19.9 Å². The van der Waals surface area contributed by atoms with E-state index in [2.05, 4.69) is 25.3 Å². The number of aromatic nitrogens is 4. The van der Waals surface area contributed by atoms with Crippen LogP contribution < -0.4 is 5.32 Å². The minimum Gasteiger partial charge on any atom is -0.467 e. The molecule has 0 spiro atoms. The minimum atomic E-state index is -4.67. The van der Waals surface area contributed by atoms with Crippen molar-refractivity contribution < 1.29 is 21.9 Å². The standard InChI is InChI=1S/C10H9N5O.H2O4S/c1-2-7(16-3-1)4-11-9-8-10(13-5-12-8)15-6-14-9;1-5(2,3)4/h1-3,5-6H,4H2,(H2,11,12,13,14,15);(H2,1,2,3,4). The first-order valence-electron chi connectivity index (χ1n) is 5.53. The Bertz CT molecular complexity index is 746. The van der Waals surface area contributed by atoms with Crippen LogP contribution in [-0.4, -0.2) is 37.5 Å². The lowest BCUT2D eigenvalue weighted by atomic mass is 10.3. The fraction of sp³-hybridized carbons (Fsp3) is 0.100. The molecule has 1 aromatic heterocycles. The summed E-state index contributed by atoms with van der Waals surface area (Å²) in [5.41, 5.74) is 0.731. The van der Waals surface area contributed by atoms with E-state index in [0.717, 1.165) is 17.3 Å². The average molecular weight is 313 g/mol. The van der Waals surface area contributed by atoms with E-state index in [-0.39, 0.29) is 0 Å². The third-order valence-corrected chi connectivity index (χ3v) is 2.23. The first-order chi connectivity index (χ1) is 9.93. The summed E-state index contributed by atoms with van der Waals surface area (Å²) in [7, 11) is -4.67. The zero-order valence-electron chi connectivity index (χ0n) is 10.5. The zero-order chi connectivity index (χ0) is 15.3. The molecule has 3 heterocycles. The van der Waals surface area contributed by atoms with Crippen molar-refractivity contribution in [2.24, 2.45) is 0 Å². The van der Waals surface area contributed by atoms with Crippen LogP contribution in [0.1, 0.15) is 5.76 Å². The number of fused-ring (bicyclic) bond motifs is 1. The van der Waals surface area contributed by atoms with E-state index in [0.29, 0.717) is 12.4 Å². The van der Waals surface area contributed by atoms with Crippen LogP contribution in [0.15, 0.2) is 35.5 Å². The van der Waals surface area contributed by atoms with E-state index < -0.39 is 10.4 Å². The predicted octanol–water partition coefficient (Wildman–Crippen LogP) is 0.857. The van der Waals surface area contributed by atoms with Crippen molar-refractivity contribution in [2.75, 3.05) is 5.32 Å². The molecule has 0 saturated heterocycles. The highest BCUT2D eigenvalue weighted by atomic mass is 32.3. The number of anilines is 1. The van der Waals surface area contributed by atoms with Crippen LogP contribution in [-0.2, 0) is 16.9 Å². The van der Waals surface area contributed by atoms with Gasteiger partial charge in [0, 0.05) is 0 Å². The molecule has 0 aromatic carbocycles. The normalized spacial score (nSPS) is 11.0. The van der Waals surface area contributed by atoms with Crippen molar-refractivity contribution in [1.29, 1.82) is 0 Å². The lowest BCUT2D eigenvalue weighted by Gasteiger charge is -2.06. The van der Waals surface area contributed by atoms with Gasteiger partial charge in [-0.1, -0.05) is 0 Å². The van der Waals surface area contributed by atoms with Gasteiger partial charge in [0.2, 0.25) is 0 Å². The highest BCUT2D eigenvalue weighted by Gasteiger charge is 2.12. The Morgan fingerprint density at radius 3 is 2.71 bits per heavy atom. The minimum absolute atomic E-state index is 0.593. The van der Waals surface area contributed by atoms with Gasteiger partial charge in [0.25, 0.3) is 0 Å². The monoisotopic (exact) mass is 313 g/mol. The van der Waals surface area contributed by atoms with Crippen LogP contribution in [0.25, 0.3) is 11.5 Å². The number of H-pyrrole nitrogens is 1. The van der Waals surface area contributed by atoms with Crippen LogP contribution in [0.5, 0.6) is 0 Å². The molecule has 3 rings (SSSR count). The molecule has 21 heavy (non-hydrogen) atoms. The van der Waals surface area contributed by atoms with Crippen LogP contribution in [0, 0.1) is 0 Å². The Morgan fingerprint density at radius 2 is 2.05 bits per heavy atom. The quantitative estimate of drug-likeness (QED) is 0.515. The number of hydrogen-bond acceptors (Lipinski definition) is 7. The Balaban J connectivity index is 0.000000282. The molecule has 0 radical (unpaired) electrons. The van der Waals surface area contributed by atoms with Gasteiger partial charge in [-0.25, -0.2) is 15.0 Å². The lowest BCUT2D eigenvalue weighted by Crippen LogP contribution is -2.03. The second kappa shape index (κ2) is 6.30. The fourth-order valence-corrected chi connectivity index (χ4v) is 1.48. The molecule has 0 unspecified atom stereocenters. The molecule has 0 atom stereocenters. The number of furan rings is 1. The lowest BCUT2D eigenvalue weighted by molar-refractivity contribution is 0.381. The topological polar surface area (TPSA) is 154 Å². The molecule has 0 amide bonds. The summed E-state index contributed by atoms with van der Waals surface area (Å²) in [6.07, 6.45) is 4.72. The number of nitrogens with one attached hydrogen (secondary N) is 2. The molecule has 4 N–H and O–H groups in total. The second-order valence-corrected chi connectivity index (χ2v) is 4.60. The third kappa shape index (κ3) is 4.83. The Labute approximate surface area is 119 Å². The smallest absolute Gasteiger partial charge is 0.394 e. The van der Waals surface area contributed by atoms with Gasteiger partial charge in [-0.3, -0.25) is 9.11 Å². The summed E-state index contributed by atoms with van der Waals surface area (Å²) in [6, 6.07) is 3.76. The van der Waals surface area contributed by atoms with E-state index in [1.165, 1.54) is 6.33 Å². The van der Waals surface area contributed by atoms with Crippen molar-refractivity contribution in [3.8, 4) is 11.5 Å². The first kappa shape index (κ1) is 14.9. The molecule has 1 aromatic rings. The Hall–Kier alpha value is -2.50. The van der Waals surface area contributed by atoms with E-state index in [9.17, 15) is 0 Å². The summed E-state index contributed by atoms with van der Waals surface area (Å²) < 4.78 is 36.8. The number of rotatable bonds is 3. The molecule has 0 saturated carbocycles. The largest absolute Gasteiger partial charge is 0.467 e. The number of aromatic amines is 1. The fourth-order valence-electron chi connectivity index (χ4n) is 1.48. The number of imidazole rings is 1. The van der Waals surface area contributed by atoms with Gasteiger partial charge < -0.3 is 14.7 Å². The van der Waals surface area contributed by atoms with E-state index in [1.54, 1.807) is 12.6 Å². The first-order valence-corrected chi connectivity index (χ1v) is 6.93. The molecule has 0 bridgehead atoms. The van der Waals surface area contributed by atoms with Crippen LogP contribution >= 0.6 is 0 Å². The average Bonchev–Trinajstić information content (AvgIpc) is 3.05. The van der Waals surface area contributed by atoms with Crippen molar-refractivity contribution in [2.45, 2.75) is 6.54 Å². The van der Waals surface area contributed by atoms with Gasteiger partial charge in [0.1, 0.15) is 23.6 Å². The Morgan fingerprint density at radius 1 is 1.29 bits per heavy atom. The van der Waals surface area contributed by atoms with Crippen LogP contribution in [0.2, 0.25) is 0 Å². The molecule has 10 nitrogen and oxygen atoms in total. The molecule has 2 aliphatic rings. The van der Waals surface area contributed by atoms with Gasteiger partial charge in [-0.15, -0.1) is 0 Å². The van der Waals surface area contributed by atoms with Crippen molar-refractivity contribution in [3.05, 3.63) is 36.8 Å². The maximum Gasteiger partial charge on any atom is 0.394 e. The van der Waals surface area contributed by atoms with E-state index in [1.807, 2.05) is 12.1 Å². The molecule has 0 fully saturated rings. The molecule has 11 heteroatoms. The van der Waals surface area contributed by atoms with Gasteiger partial charge >= 0.3 is 10.4 Å². The summed E-state index contributed by atoms with van der Waals surface area (Å²) in [4.78, 5) is 15.2. The predicted molar refractivity (Wildman–Crippen MR) is 71.0 cm³/mol. The number of hydrogen-bond donors (Lipinski definition) is 4. The summed E-state index contributed by atoms with van der Waals surface area (Å²) in [5.74, 6) is 2.28. The second-order valence-electron chi connectivity index (χ2n) is 3.70. The van der Waals surface area contributed by atoms with Gasteiger partial charge in [-0.05, 0) is 12.1 Å².